The van der Waals surface area contributed by atoms with E-state index in [0.29, 0.717) is 54.1 Å². The number of benzene rings is 2. The van der Waals surface area contributed by atoms with Crippen molar-refractivity contribution in [3.8, 4) is 0 Å². The molecule has 5 rings (SSSR count). The van der Waals surface area contributed by atoms with Crippen molar-refractivity contribution in [3.63, 3.8) is 0 Å². The van der Waals surface area contributed by atoms with E-state index in [1.165, 1.54) is 12.1 Å². The van der Waals surface area contributed by atoms with Gasteiger partial charge in [0, 0.05) is 41.2 Å². The highest BCUT2D eigenvalue weighted by atomic mass is 19.1. The number of Topliss-reactive ketones (excluding diaryl/α,β-unsaturated/α-hetero) is 2. The van der Waals surface area contributed by atoms with Gasteiger partial charge in [-0.25, -0.2) is 4.39 Å². The quantitative estimate of drug-likeness (QED) is 0.364. The third-order valence-corrected chi connectivity index (χ3v) is 8.44. The third-order valence-electron chi connectivity index (χ3n) is 8.44. The van der Waals surface area contributed by atoms with Gasteiger partial charge < -0.3 is 14.8 Å². The number of fused-ring (bicyclic) bond motifs is 1. The first kappa shape index (κ1) is 26.3. The Morgan fingerprint density at radius 3 is 2.26 bits per heavy atom. The summed E-state index contributed by atoms with van der Waals surface area (Å²) in [6.45, 7) is 6.68. The minimum absolute atomic E-state index is 0.0384. The standard InChI is InChI=1S/C31H36FN3O3/c1-19-16-27-26(28(20(2)33-27)30(37)29(36)23-10-12-34(3)13-11-23)18-25(19)31(38)35-14-8-22(9-15-35)17-21-4-6-24(32)7-5-21/h4-7,16,18,22-23,33H,8-15,17H2,1-3H3. The van der Waals surface area contributed by atoms with Crippen molar-refractivity contribution < 1.29 is 18.8 Å². The van der Waals surface area contributed by atoms with Crippen LogP contribution >= 0.6 is 0 Å². The molecule has 200 valence electrons. The normalized spacial score (nSPS) is 17.7. The smallest absolute Gasteiger partial charge is 0.254 e. The lowest BCUT2D eigenvalue weighted by Gasteiger charge is -2.32. The number of carbonyl (C=O) groups excluding carboxylic acids is 3. The lowest BCUT2D eigenvalue weighted by atomic mass is 9.87. The Kier molecular flexibility index (Phi) is 7.48. The summed E-state index contributed by atoms with van der Waals surface area (Å²) in [5.41, 5.74) is 4.38. The molecule has 0 aliphatic carbocycles. The molecule has 2 aliphatic rings. The number of hydrogen-bond acceptors (Lipinski definition) is 4. The van der Waals surface area contributed by atoms with Gasteiger partial charge in [0.15, 0.2) is 0 Å². The van der Waals surface area contributed by atoms with Crippen molar-refractivity contribution in [2.75, 3.05) is 33.2 Å². The summed E-state index contributed by atoms with van der Waals surface area (Å²) in [6, 6.07) is 10.4. The van der Waals surface area contributed by atoms with Gasteiger partial charge >= 0.3 is 0 Å². The van der Waals surface area contributed by atoms with Crippen LogP contribution in [-0.2, 0) is 11.2 Å². The van der Waals surface area contributed by atoms with E-state index in [4.69, 9.17) is 0 Å². The molecule has 0 unspecified atom stereocenters. The van der Waals surface area contributed by atoms with Gasteiger partial charge in [0.05, 0.1) is 5.56 Å². The van der Waals surface area contributed by atoms with Gasteiger partial charge in [-0.15, -0.1) is 0 Å². The van der Waals surface area contributed by atoms with Crippen LogP contribution in [0.3, 0.4) is 0 Å². The van der Waals surface area contributed by atoms with Crippen LogP contribution in [0.1, 0.15) is 63.2 Å². The van der Waals surface area contributed by atoms with E-state index in [1.54, 1.807) is 6.07 Å². The predicted molar refractivity (Wildman–Crippen MR) is 146 cm³/mol. The Balaban J connectivity index is 1.32. The number of rotatable bonds is 6. The van der Waals surface area contributed by atoms with E-state index in [-0.39, 0.29) is 23.4 Å². The number of aromatic nitrogens is 1. The lowest BCUT2D eigenvalue weighted by molar-refractivity contribution is -0.119. The lowest BCUT2D eigenvalue weighted by Crippen LogP contribution is -2.39. The molecule has 0 bridgehead atoms. The van der Waals surface area contributed by atoms with Gasteiger partial charge in [-0.05, 0) is 107 Å². The molecule has 2 saturated heterocycles. The Labute approximate surface area is 223 Å². The van der Waals surface area contributed by atoms with E-state index >= 15 is 0 Å². The average molecular weight is 518 g/mol. The summed E-state index contributed by atoms with van der Waals surface area (Å²) >= 11 is 0. The maximum atomic E-state index is 13.6. The fraction of sp³-hybridized carbons (Fsp3) is 0.452. The number of piperidine rings is 2. The molecule has 7 heteroatoms. The van der Waals surface area contributed by atoms with E-state index < -0.39 is 5.78 Å². The molecule has 0 spiro atoms. The fourth-order valence-electron chi connectivity index (χ4n) is 6.05. The number of amides is 1. The minimum Gasteiger partial charge on any atom is -0.358 e. The second-order valence-electron chi connectivity index (χ2n) is 11.2. The molecule has 2 aromatic carbocycles. The molecule has 2 fully saturated rings. The Morgan fingerprint density at radius 2 is 1.61 bits per heavy atom. The Hall–Kier alpha value is -3.32. The van der Waals surface area contributed by atoms with Crippen LogP contribution in [0.15, 0.2) is 36.4 Å². The zero-order valence-electron chi connectivity index (χ0n) is 22.5. The molecular weight excluding hydrogens is 481 g/mol. The number of nitrogens with one attached hydrogen (secondary N) is 1. The van der Waals surface area contributed by atoms with Crippen molar-refractivity contribution in [2.24, 2.45) is 11.8 Å². The maximum Gasteiger partial charge on any atom is 0.254 e. The summed E-state index contributed by atoms with van der Waals surface area (Å²) < 4.78 is 13.2. The topological polar surface area (TPSA) is 73.5 Å². The number of ketones is 2. The number of halogens is 1. The van der Waals surface area contributed by atoms with E-state index in [1.807, 2.05) is 44.0 Å². The molecule has 0 radical (unpaired) electrons. The molecule has 0 saturated carbocycles. The van der Waals surface area contributed by atoms with E-state index in [2.05, 4.69) is 9.88 Å². The zero-order valence-corrected chi connectivity index (χ0v) is 22.5. The number of nitrogens with zero attached hydrogens (tertiary/aromatic N) is 2. The second kappa shape index (κ2) is 10.8. The number of likely N-dealkylation sites (tertiary alicyclic amines) is 2. The highest BCUT2D eigenvalue weighted by molar-refractivity contribution is 6.46. The molecule has 1 aromatic heterocycles. The summed E-state index contributed by atoms with van der Waals surface area (Å²) in [4.78, 5) is 47.4. The number of aryl methyl sites for hydroxylation is 2. The highest BCUT2D eigenvalue weighted by Gasteiger charge is 2.32. The van der Waals surface area contributed by atoms with Crippen LogP contribution in [0.5, 0.6) is 0 Å². The second-order valence-corrected chi connectivity index (χ2v) is 11.2. The predicted octanol–water partition coefficient (Wildman–Crippen LogP) is 5.11. The van der Waals surface area contributed by atoms with Gasteiger partial charge in [-0.3, -0.25) is 14.4 Å². The molecule has 3 aromatic rings. The molecule has 2 aliphatic heterocycles. The summed E-state index contributed by atoms with van der Waals surface area (Å²) in [6.07, 6.45) is 4.06. The van der Waals surface area contributed by atoms with Crippen molar-refractivity contribution >= 4 is 28.4 Å². The van der Waals surface area contributed by atoms with Gasteiger partial charge in [0.2, 0.25) is 11.6 Å². The fourth-order valence-corrected chi connectivity index (χ4v) is 6.05. The minimum atomic E-state index is -0.452. The summed E-state index contributed by atoms with van der Waals surface area (Å²) in [5, 5.41) is 0.647. The van der Waals surface area contributed by atoms with Crippen LogP contribution in [0.2, 0.25) is 0 Å². The SMILES string of the molecule is Cc1cc2[nH]c(C)c(C(=O)C(=O)C3CCN(C)CC3)c2cc1C(=O)N1CCC(Cc2ccc(F)cc2)CC1. The van der Waals surface area contributed by atoms with Crippen molar-refractivity contribution in [1.29, 1.82) is 0 Å². The molecule has 38 heavy (non-hydrogen) atoms. The van der Waals surface area contributed by atoms with Gasteiger partial charge in [-0.2, -0.15) is 0 Å². The average Bonchev–Trinajstić information content (AvgIpc) is 3.23. The van der Waals surface area contributed by atoms with Crippen molar-refractivity contribution in [1.82, 2.24) is 14.8 Å². The molecule has 6 nitrogen and oxygen atoms in total. The van der Waals surface area contributed by atoms with Crippen LogP contribution in [0, 0.1) is 31.5 Å². The first-order valence-electron chi connectivity index (χ1n) is 13.6. The van der Waals surface area contributed by atoms with Crippen molar-refractivity contribution in [3.05, 3.63) is 70.2 Å². The van der Waals surface area contributed by atoms with Gasteiger partial charge in [0.1, 0.15) is 5.82 Å². The largest absolute Gasteiger partial charge is 0.358 e. The van der Waals surface area contributed by atoms with Crippen LogP contribution in [-0.4, -0.2) is 65.5 Å². The Morgan fingerprint density at radius 1 is 0.947 bits per heavy atom. The maximum absolute atomic E-state index is 13.6. The number of carbonyl (C=O) groups is 3. The summed E-state index contributed by atoms with van der Waals surface area (Å²) in [7, 11) is 2.03. The van der Waals surface area contributed by atoms with E-state index in [9.17, 15) is 18.8 Å². The third kappa shape index (κ3) is 5.30. The monoisotopic (exact) mass is 517 g/mol. The first-order valence-corrected chi connectivity index (χ1v) is 13.6. The van der Waals surface area contributed by atoms with Crippen LogP contribution in [0.4, 0.5) is 4.39 Å². The van der Waals surface area contributed by atoms with Crippen LogP contribution in [0.25, 0.3) is 10.9 Å². The highest BCUT2D eigenvalue weighted by Crippen LogP contribution is 2.30. The van der Waals surface area contributed by atoms with Crippen molar-refractivity contribution in [2.45, 2.75) is 46.0 Å². The molecular formula is C31H36FN3O3. The Bertz CT molecular complexity index is 1360. The molecule has 1 amide bonds. The first-order chi connectivity index (χ1) is 18.2. The zero-order chi connectivity index (χ0) is 27.0. The molecule has 3 heterocycles. The van der Waals surface area contributed by atoms with Crippen LogP contribution < -0.4 is 0 Å². The van der Waals surface area contributed by atoms with Gasteiger partial charge in [-0.1, -0.05) is 12.1 Å². The number of H-pyrrole nitrogens is 1. The summed E-state index contributed by atoms with van der Waals surface area (Å²) in [5.74, 6) is -0.828. The molecule has 0 atom stereocenters. The molecule has 1 N–H and O–H groups in total. The van der Waals surface area contributed by atoms with E-state index in [0.717, 1.165) is 49.0 Å². The number of aromatic amines is 1. The number of hydrogen-bond donors (Lipinski definition) is 1. The van der Waals surface area contributed by atoms with Gasteiger partial charge in [0.25, 0.3) is 5.91 Å².